The molecule has 0 atom stereocenters. The first kappa shape index (κ1) is 9.58. The predicted molar refractivity (Wildman–Crippen MR) is 57.3 cm³/mol. The van der Waals surface area contributed by atoms with Crippen LogP contribution in [0, 0.1) is 0 Å². The summed E-state index contributed by atoms with van der Waals surface area (Å²) >= 11 is 13.5. The first-order valence-electron chi connectivity index (χ1n) is 3.36. The van der Waals surface area contributed by atoms with Crippen molar-refractivity contribution < 1.29 is 0 Å². The molecule has 11 heavy (non-hydrogen) atoms. The molecule has 1 heterocycles. The van der Waals surface area contributed by atoms with E-state index in [1.807, 2.05) is 5.38 Å². The zero-order chi connectivity index (χ0) is 8.65. The second kappa shape index (κ2) is 3.09. The summed E-state index contributed by atoms with van der Waals surface area (Å²) < 4.78 is 1.30. The van der Waals surface area contributed by atoms with Gasteiger partial charge in [0.05, 0.1) is 18.1 Å². The Labute approximate surface area is 82.2 Å². The topological polar surface area (TPSA) is 0 Å². The molecule has 0 amide bonds. The zero-order valence-electron chi connectivity index (χ0n) is 6.74. The highest BCUT2D eigenvalue weighted by molar-refractivity contribution is 7.26. The van der Waals surface area contributed by atoms with E-state index in [2.05, 4.69) is 19.6 Å². The minimum absolute atomic E-state index is 0.703. The van der Waals surface area contributed by atoms with E-state index in [4.69, 9.17) is 23.2 Å². The van der Waals surface area contributed by atoms with Gasteiger partial charge in [0, 0.05) is 9.88 Å². The second-order valence-electron chi connectivity index (χ2n) is 3.48. The summed E-state index contributed by atoms with van der Waals surface area (Å²) in [5.41, 5.74) is 0. The second-order valence-corrected chi connectivity index (χ2v) is 10.5. The number of thiophene rings is 1. The summed E-state index contributed by atoms with van der Waals surface area (Å²) in [5.74, 6) is 0. The third-order valence-electron chi connectivity index (χ3n) is 1.37. The first-order valence-corrected chi connectivity index (χ1v) is 8.49. The highest BCUT2D eigenvalue weighted by Crippen LogP contribution is 2.26. The first-order chi connectivity index (χ1) is 4.93. The van der Waals surface area contributed by atoms with Gasteiger partial charge in [-0.25, -0.2) is 0 Å². The molecule has 0 saturated carbocycles. The number of halogens is 2. The van der Waals surface area contributed by atoms with Gasteiger partial charge >= 0.3 is 0 Å². The van der Waals surface area contributed by atoms with Gasteiger partial charge in [-0.15, -0.1) is 0 Å². The fourth-order valence-corrected chi connectivity index (χ4v) is 5.23. The summed E-state index contributed by atoms with van der Waals surface area (Å²) in [4.78, 5) is 0. The Bertz CT molecular complexity index is 262. The van der Waals surface area contributed by atoms with Crippen LogP contribution in [-0.2, 0) is 0 Å². The van der Waals surface area contributed by atoms with Crippen LogP contribution in [0.1, 0.15) is 0 Å². The number of rotatable bonds is 1. The van der Waals surface area contributed by atoms with E-state index < -0.39 is 8.07 Å². The van der Waals surface area contributed by atoms with Gasteiger partial charge in [0.15, 0.2) is 0 Å². The van der Waals surface area contributed by atoms with Gasteiger partial charge in [-0.05, 0) is 0 Å². The molecule has 1 rings (SSSR count). The molecule has 0 spiro atoms. The van der Waals surface area contributed by atoms with Crippen LogP contribution < -0.4 is 4.50 Å². The van der Waals surface area contributed by atoms with Crippen LogP contribution in [0.15, 0.2) is 5.38 Å². The van der Waals surface area contributed by atoms with Gasteiger partial charge < -0.3 is 0 Å². The molecule has 0 saturated heterocycles. The molecule has 0 N–H and O–H groups in total. The standard InChI is InChI=1S/C7H10Cl2SSi/c1-11(2,3)7-6(9)5(8)4-10-7/h4H,1-3H3. The van der Waals surface area contributed by atoms with Crippen molar-refractivity contribution in [3.05, 3.63) is 15.4 Å². The van der Waals surface area contributed by atoms with Crippen LogP contribution >= 0.6 is 34.5 Å². The molecule has 0 fully saturated rings. The maximum atomic E-state index is 6.01. The van der Waals surface area contributed by atoms with Crippen molar-refractivity contribution in [2.45, 2.75) is 19.6 Å². The van der Waals surface area contributed by atoms with Crippen molar-refractivity contribution in [3.63, 3.8) is 0 Å². The Morgan fingerprint density at radius 1 is 1.27 bits per heavy atom. The smallest absolute Gasteiger partial charge is 0.0924 e. The van der Waals surface area contributed by atoms with Gasteiger partial charge in [-0.1, -0.05) is 42.8 Å². The molecule has 1 aromatic heterocycles. The Kier molecular flexibility index (Phi) is 2.69. The largest absolute Gasteiger partial charge is 0.150 e. The predicted octanol–water partition coefficient (Wildman–Crippen LogP) is 3.60. The molecule has 0 aliphatic carbocycles. The molecule has 0 aliphatic heterocycles. The fourth-order valence-electron chi connectivity index (χ4n) is 0.829. The number of hydrogen-bond acceptors (Lipinski definition) is 1. The molecule has 1 aromatic rings. The van der Waals surface area contributed by atoms with E-state index >= 15 is 0 Å². The van der Waals surface area contributed by atoms with Crippen LogP contribution in [0.2, 0.25) is 29.7 Å². The van der Waals surface area contributed by atoms with E-state index in [0.717, 1.165) is 5.02 Å². The lowest BCUT2D eigenvalue weighted by atomic mass is 10.7. The third-order valence-corrected chi connectivity index (χ3v) is 7.15. The molecule has 4 heteroatoms. The Balaban J connectivity index is 3.15. The van der Waals surface area contributed by atoms with Gasteiger partial charge in [0.1, 0.15) is 0 Å². The molecule has 0 aliphatic rings. The molecule has 0 unspecified atom stereocenters. The van der Waals surface area contributed by atoms with Gasteiger partial charge in [0.2, 0.25) is 0 Å². The quantitative estimate of drug-likeness (QED) is 0.640. The van der Waals surface area contributed by atoms with Gasteiger partial charge in [0.25, 0.3) is 0 Å². The van der Waals surface area contributed by atoms with Crippen LogP contribution in [0.5, 0.6) is 0 Å². The maximum Gasteiger partial charge on any atom is 0.0924 e. The normalized spacial score (nSPS) is 12.1. The average molecular weight is 225 g/mol. The van der Waals surface area contributed by atoms with E-state index in [1.54, 1.807) is 11.3 Å². The number of hydrogen-bond donors (Lipinski definition) is 0. The lowest BCUT2D eigenvalue weighted by molar-refractivity contribution is 1.78. The molecular weight excluding hydrogens is 215 g/mol. The van der Waals surface area contributed by atoms with Crippen LogP contribution in [-0.4, -0.2) is 8.07 Å². The fraction of sp³-hybridized carbons (Fsp3) is 0.429. The summed E-state index contributed by atoms with van der Waals surface area (Å²) in [5, 5.41) is 3.39. The van der Waals surface area contributed by atoms with E-state index in [0.29, 0.717) is 5.02 Å². The van der Waals surface area contributed by atoms with Crippen molar-refractivity contribution in [3.8, 4) is 0 Å². The third kappa shape index (κ3) is 1.99. The molecule has 0 radical (unpaired) electrons. The van der Waals surface area contributed by atoms with Crippen molar-refractivity contribution >= 4 is 47.1 Å². The molecule has 0 nitrogen and oxygen atoms in total. The Hall–Kier alpha value is 0.497. The summed E-state index contributed by atoms with van der Waals surface area (Å²) in [7, 11) is -1.25. The zero-order valence-corrected chi connectivity index (χ0v) is 10.1. The molecule has 62 valence electrons. The van der Waals surface area contributed by atoms with E-state index in [-0.39, 0.29) is 0 Å². The van der Waals surface area contributed by atoms with Gasteiger partial charge in [-0.3, -0.25) is 0 Å². The maximum absolute atomic E-state index is 6.01. The van der Waals surface area contributed by atoms with Crippen molar-refractivity contribution in [1.82, 2.24) is 0 Å². The lowest BCUT2D eigenvalue weighted by Crippen LogP contribution is -2.35. The van der Waals surface area contributed by atoms with Gasteiger partial charge in [-0.2, -0.15) is 11.3 Å². The van der Waals surface area contributed by atoms with Crippen LogP contribution in [0.4, 0.5) is 0 Å². The molecular formula is C7H10Cl2SSi. The Morgan fingerprint density at radius 3 is 2.00 bits per heavy atom. The van der Waals surface area contributed by atoms with Crippen LogP contribution in [0.25, 0.3) is 0 Å². The van der Waals surface area contributed by atoms with Crippen molar-refractivity contribution in [2.24, 2.45) is 0 Å². The average Bonchev–Trinajstić information content (AvgIpc) is 2.11. The minimum atomic E-state index is -1.25. The monoisotopic (exact) mass is 224 g/mol. The Morgan fingerprint density at radius 2 is 1.82 bits per heavy atom. The minimum Gasteiger partial charge on any atom is -0.150 e. The molecule has 0 aromatic carbocycles. The van der Waals surface area contributed by atoms with Crippen molar-refractivity contribution in [1.29, 1.82) is 0 Å². The lowest BCUT2D eigenvalue weighted by Gasteiger charge is -2.13. The highest BCUT2D eigenvalue weighted by Gasteiger charge is 2.22. The van der Waals surface area contributed by atoms with E-state index in [9.17, 15) is 0 Å². The molecule has 0 bridgehead atoms. The SMILES string of the molecule is C[Si](C)(C)c1scc(Cl)c1Cl. The highest BCUT2D eigenvalue weighted by atomic mass is 35.5. The summed E-state index contributed by atoms with van der Waals surface area (Å²) in [6.07, 6.45) is 0. The van der Waals surface area contributed by atoms with E-state index in [1.165, 1.54) is 4.50 Å². The van der Waals surface area contributed by atoms with Crippen molar-refractivity contribution in [2.75, 3.05) is 0 Å². The summed E-state index contributed by atoms with van der Waals surface area (Å²) in [6, 6.07) is 0. The van der Waals surface area contributed by atoms with Crippen LogP contribution in [0.3, 0.4) is 0 Å². The summed E-state index contributed by atoms with van der Waals surface area (Å²) in [6.45, 7) is 6.79.